The molecule has 0 radical (unpaired) electrons. The zero-order valence-electron chi connectivity index (χ0n) is 14.5. The van der Waals surface area contributed by atoms with E-state index in [2.05, 4.69) is 5.32 Å². The van der Waals surface area contributed by atoms with Gasteiger partial charge in [-0.15, -0.1) is 0 Å². The third kappa shape index (κ3) is 5.02. The van der Waals surface area contributed by atoms with Gasteiger partial charge in [-0.05, 0) is 43.5 Å². The van der Waals surface area contributed by atoms with E-state index in [4.69, 9.17) is 11.6 Å². The van der Waals surface area contributed by atoms with Crippen molar-refractivity contribution in [3.8, 4) is 0 Å². The molecule has 2 aromatic carbocycles. The Kier molecular flexibility index (Phi) is 5.89. The van der Waals surface area contributed by atoms with Gasteiger partial charge in [-0.3, -0.25) is 9.69 Å². The van der Waals surface area contributed by atoms with Crippen molar-refractivity contribution in [3.05, 3.63) is 70.2 Å². The third-order valence-corrected chi connectivity index (χ3v) is 4.80. The van der Waals surface area contributed by atoms with Gasteiger partial charge in [-0.1, -0.05) is 29.8 Å². The summed E-state index contributed by atoms with van der Waals surface area (Å²) in [5.41, 5.74) is 1.36. The van der Waals surface area contributed by atoms with Crippen molar-refractivity contribution in [2.24, 2.45) is 0 Å². The van der Waals surface area contributed by atoms with Gasteiger partial charge in [0.2, 0.25) is 5.91 Å². The molecule has 0 aromatic heterocycles. The lowest BCUT2D eigenvalue weighted by molar-refractivity contribution is -0.123. The lowest BCUT2D eigenvalue weighted by atomic mass is 10.1. The summed E-state index contributed by atoms with van der Waals surface area (Å²) in [7, 11) is 0. The molecule has 1 aliphatic carbocycles. The van der Waals surface area contributed by atoms with Crippen LogP contribution in [-0.2, 0) is 11.3 Å². The van der Waals surface area contributed by atoms with Crippen LogP contribution in [0.2, 0.25) is 5.02 Å². The molecule has 1 N–H and O–H groups in total. The Labute approximate surface area is 157 Å². The molecule has 138 valence electrons. The predicted molar refractivity (Wildman–Crippen MR) is 97.8 cm³/mol. The van der Waals surface area contributed by atoms with Crippen LogP contribution in [0.1, 0.15) is 36.9 Å². The maximum atomic E-state index is 13.9. The van der Waals surface area contributed by atoms with Crippen LogP contribution < -0.4 is 5.32 Å². The van der Waals surface area contributed by atoms with E-state index in [0.29, 0.717) is 17.1 Å². The smallest absolute Gasteiger partial charge is 0.234 e. The van der Waals surface area contributed by atoms with Gasteiger partial charge in [0.25, 0.3) is 0 Å². The van der Waals surface area contributed by atoms with Crippen LogP contribution in [0.4, 0.5) is 8.78 Å². The zero-order valence-corrected chi connectivity index (χ0v) is 15.3. The zero-order chi connectivity index (χ0) is 18.7. The molecule has 26 heavy (non-hydrogen) atoms. The van der Waals surface area contributed by atoms with E-state index in [1.54, 1.807) is 12.1 Å². The summed E-state index contributed by atoms with van der Waals surface area (Å²) in [4.78, 5) is 14.4. The summed E-state index contributed by atoms with van der Waals surface area (Å²) in [6.07, 6.45) is 1.98. The minimum Gasteiger partial charge on any atom is -0.348 e. The second-order valence-electron chi connectivity index (χ2n) is 6.71. The van der Waals surface area contributed by atoms with Crippen LogP contribution in [0, 0.1) is 11.6 Å². The predicted octanol–water partition coefficient (Wildman–Crippen LogP) is 4.46. The average Bonchev–Trinajstić information content (AvgIpc) is 3.42. The van der Waals surface area contributed by atoms with Crippen LogP contribution in [0.15, 0.2) is 42.5 Å². The largest absolute Gasteiger partial charge is 0.348 e. The fourth-order valence-corrected chi connectivity index (χ4v) is 3.05. The highest BCUT2D eigenvalue weighted by molar-refractivity contribution is 6.30. The van der Waals surface area contributed by atoms with E-state index >= 15 is 0 Å². The number of nitrogens with zero attached hydrogens (tertiary/aromatic N) is 1. The Morgan fingerprint density at radius 1 is 1.23 bits per heavy atom. The number of hydrogen-bond acceptors (Lipinski definition) is 2. The first-order valence-corrected chi connectivity index (χ1v) is 9.03. The molecule has 6 heteroatoms. The highest BCUT2D eigenvalue weighted by Gasteiger charge is 2.31. The standard InChI is InChI=1S/C20H21ClF2N2O/c1-13(14-2-5-16(21)6-3-14)24-20(26)12-25(18-8-9-18)11-15-4-7-17(22)10-19(15)23/h2-7,10,13,18H,8-9,11-12H2,1H3,(H,24,26). The van der Waals surface area contributed by atoms with Gasteiger partial charge in [-0.2, -0.15) is 0 Å². The van der Waals surface area contributed by atoms with Crippen molar-refractivity contribution in [3.63, 3.8) is 0 Å². The molecule has 1 fully saturated rings. The van der Waals surface area contributed by atoms with E-state index in [0.717, 1.165) is 24.5 Å². The molecule has 0 spiro atoms. The minimum atomic E-state index is -0.598. The van der Waals surface area contributed by atoms with Gasteiger partial charge in [0.1, 0.15) is 11.6 Å². The molecule has 3 rings (SSSR count). The summed E-state index contributed by atoms with van der Waals surface area (Å²) in [5, 5.41) is 3.61. The molecule has 0 heterocycles. The normalized spacial score (nSPS) is 15.1. The maximum absolute atomic E-state index is 13.9. The van der Waals surface area contributed by atoms with E-state index in [-0.39, 0.29) is 24.5 Å². The Morgan fingerprint density at radius 3 is 2.54 bits per heavy atom. The third-order valence-electron chi connectivity index (χ3n) is 4.55. The van der Waals surface area contributed by atoms with Crippen molar-refractivity contribution < 1.29 is 13.6 Å². The second kappa shape index (κ2) is 8.14. The Balaban J connectivity index is 1.60. The van der Waals surface area contributed by atoms with E-state index in [9.17, 15) is 13.6 Å². The monoisotopic (exact) mass is 378 g/mol. The number of benzene rings is 2. The lowest BCUT2D eigenvalue weighted by Gasteiger charge is -2.23. The van der Waals surface area contributed by atoms with Crippen molar-refractivity contribution >= 4 is 17.5 Å². The summed E-state index contributed by atoms with van der Waals surface area (Å²) in [6, 6.07) is 11.0. The van der Waals surface area contributed by atoms with Crippen LogP contribution in [0.5, 0.6) is 0 Å². The van der Waals surface area contributed by atoms with Gasteiger partial charge in [0, 0.05) is 29.2 Å². The fraction of sp³-hybridized carbons (Fsp3) is 0.350. The van der Waals surface area contributed by atoms with Crippen molar-refractivity contribution in [2.45, 2.75) is 38.4 Å². The number of halogens is 3. The first-order valence-electron chi connectivity index (χ1n) is 8.65. The molecule has 2 aromatic rings. The van der Waals surface area contributed by atoms with Gasteiger partial charge in [0.05, 0.1) is 12.6 Å². The summed E-state index contributed by atoms with van der Waals surface area (Å²) >= 11 is 5.88. The van der Waals surface area contributed by atoms with Gasteiger partial charge in [0.15, 0.2) is 0 Å². The quantitative estimate of drug-likeness (QED) is 0.771. The molecule has 1 saturated carbocycles. The molecule has 0 aliphatic heterocycles. The number of rotatable bonds is 7. The highest BCUT2D eigenvalue weighted by atomic mass is 35.5. The Bertz CT molecular complexity index is 778. The van der Waals surface area contributed by atoms with E-state index in [1.165, 1.54) is 12.1 Å². The van der Waals surface area contributed by atoms with Gasteiger partial charge in [-0.25, -0.2) is 8.78 Å². The van der Waals surface area contributed by atoms with Crippen LogP contribution >= 0.6 is 11.6 Å². The Hall–Kier alpha value is -1.98. The lowest BCUT2D eigenvalue weighted by Crippen LogP contribution is -2.39. The molecular weight excluding hydrogens is 358 g/mol. The van der Waals surface area contributed by atoms with Crippen molar-refractivity contribution in [1.29, 1.82) is 0 Å². The molecule has 1 atom stereocenters. The first-order chi connectivity index (χ1) is 12.4. The van der Waals surface area contributed by atoms with Crippen LogP contribution in [-0.4, -0.2) is 23.4 Å². The number of nitrogens with one attached hydrogen (secondary N) is 1. The highest BCUT2D eigenvalue weighted by Crippen LogP contribution is 2.28. The molecule has 0 bridgehead atoms. The van der Waals surface area contributed by atoms with E-state index < -0.39 is 11.6 Å². The molecule has 1 unspecified atom stereocenters. The molecule has 1 amide bonds. The summed E-state index contributed by atoms with van der Waals surface area (Å²) < 4.78 is 27.0. The number of carbonyl (C=O) groups is 1. The Morgan fingerprint density at radius 2 is 1.92 bits per heavy atom. The minimum absolute atomic E-state index is 0.123. The van der Waals surface area contributed by atoms with Crippen molar-refractivity contribution in [1.82, 2.24) is 10.2 Å². The SMILES string of the molecule is CC(NC(=O)CN(Cc1ccc(F)cc1F)C1CC1)c1ccc(Cl)cc1. The van der Waals surface area contributed by atoms with E-state index in [1.807, 2.05) is 24.0 Å². The number of hydrogen-bond donors (Lipinski definition) is 1. The average molecular weight is 379 g/mol. The first kappa shape index (κ1) is 18.8. The maximum Gasteiger partial charge on any atom is 0.234 e. The summed E-state index contributed by atoms with van der Waals surface area (Å²) in [6.45, 7) is 2.38. The van der Waals surface area contributed by atoms with Gasteiger partial charge < -0.3 is 5.32 Å². The summed E-state index contributed by atoms with van der Waals surface area (Å²) in [5.74, 6) is -1.30. The van der Waals surface area contributed by atoms with Gasteiger partial charge >= 0.3 is 0 Å². The molecular formula is C20H21ClF2N2O. The topological polar surface area (TPSA) is 32.3 Å². The number of carbonyl (C=O) groups excluding carboxylic acids is 1. The van der Waals surface area contributed by atoms with Crippen molar-refractivity contribution in [2.75, 3.05) is 6.54 Å². The number of amides is 1. The molecule has 0 saturated heterocycles. The molecule has 3 nitrogen and oxygen atoms in total. The second-order valence-corrected chi connectivity index (χ2v) is 7.15. The van der Waals surface area contributed by atoms with Crippen LogP contribution in [0.25, 0.3) is 0 Å². The molecule has 1 aliphatic rings. The van der Waals surface area contributed by atoms with Crippen LogP contribution in [0.3, 0.4) is 0 Å². The fourth-order valence-electron chi connectivity index (χ4n) is 2.93.